The van der Waals surface area contributed by atoms with Gasteiger partial charge in [0.2, 0.25) is 5.91 Å². The van der Waals surface area contributed by atoms with Crippen LogP contribution in [0, 0.1) is 12.3 Å². The third-order valence-electron chi connectivity index (χ3n) is 4.28. The summed E-state index contributed by atoms with van der Waals surface area (Å²) >= 11 is 0. The molecule has 0 bridgehead atoms. The highest BCUT2D eigenvalue weighted by molar-refractivity contribution is 6.03. The second-order valence-electron chi connectivity index (χ2n) is 5.67. The van der Waals surface area contributed by atoms with E-state index in [4.69, 9.17) is 5.73 Å². The molecular weight excluding hydrogens is 256 g/mol. The molecule has 0 saturated heterocycles. The Bertz CT molecular complexity index is 556. The van der Waals surface area contributed by atoms with Crippen LogP contribution in [0.4, 0.5) is 5.69 Å². The number of hydrogen-bond donors (Lipinski definition) is 3. The fraction of sp³-hybridized carbons (Fsp3) is 0.467. The first-order valence-electron chi connectivity index (χ1n) is 6.76. The number of nitrogens with two attached hydrogens (primary N) is 1. The Hall–Kier alpha value is -1.88. The molecule has 0 heterocycles. The molecule has 1 saturated carbocycles. The molecule has 20 heavy (non-hydrogen) atoms. The molecule has 1 fully saturated rings. The van der Waals surface area contributed by atoms with Crippen LogP contribution in [-0.2, 0) is 4.79 Å². The zero-order valence-corrected chi connectivity index (χ0v) is 11.8. The minimum atomic E-state index is -1.04. The molecule has 1 aliphatic rings. The predicted molar refractivity (Wildman–Crippen MR) is 76.7 cm³/mol. The van der Waals surface area contributed by atoms with Gasteiger partial charge in [-0.3, -0.25) is 4.79 Å². The van der Waals surface area contributed by atoms with Crippen molar-refractivity contribution in [2.24, 2.45) is 11.1 Å². The van der Waals surface area contributed by atoms with Crippen molar-refractivity contribution >= 4 is 17.6 Å². The summed E-state index contributed by atoms with van der Waals surface area (Å²) in [7, 11) is 0. The molecule has 108 valence electrons. The van der Waals surface area contributed by atoms with Crippen molar-refractivity contribution in [2.45, 2.75) is 39.2 Å². The van der Waals surface area contributed by atoms with E-state index in [2.05, 4.69) is 5.32 Å². The van der Waals surface area contributed by atoms with Gasteiger partial charge in [0.25, 0.3) is 0 Å². The number of hydrogen-bond acceptors (Lipinski definition) is 3. The molecule has 4 N–H and O–H groups in total. The largest absolute Gasteiger partial charge is 0.478 e. The number of carbonyl (C=O) groups is 2. The summed E-state index contributed by atoms with van der Waals surface area (Å²) in [4.78, 5) is 23.8. The normalized spacial score (nSPS) is 25.4. The van der Waals surface area contributed by atoms with Gasteiger partial charge in [0.15, 0.2) is 0 Å². The molecule has 0 spiro atoms. The van der Waals surface area contributed by atoms with Gasteiger partial charge in [0.05, 0.1) is 16.7 Å². The highest BCUT2D eigenvalue weighted by Gasteiger charge is 2.43. The Morgan fingerprint density at radius 2 is 2.15 bits per heavy atom. The molecule has 5 heteroatoms. The van der Waals surface area contributed by atoms with Crippen LogP contribution in [-0.4, -0.2) is 23.0 Å². The van der Waals surface area contributed by atoms with Gasteiger partial charge in [-0.1, -0.05) is 18.6 Å². The van der Waals surface area contributed by atoms with Gasteiger partial charge in [-0.05, 0) is 38.3 Å². The van der Waals surface area contributed by atoms with Crippen LogP contribution in [0.5, 0.6) is 0 Å². The molecule has 0 radical (unpaired) electrons. The lowest BCUT2D eigenvalue weighted by atomic mass is 9.84. The average Bonchev–Trinajstić information content (AvgIpc) is 2.70. The number of amides is 1. The summed E-state index contributed by atoms with van der Waals surface area (Å²) in [5.41, 5.74) is 6.49. The number of carboxylic acids is 1. The molecule has 0 aromatic heterocycles. The molecule has 1 amide bonds. The van der Waals surface area contributed by atoms with Crippen molar-refractivity contribution in [1.29, 1.82) is 0 Å². The Kier molecular flexibility index (Phi) is 3.81. The molecule has 2 rings (SSSR count). The number of carbonyl (C=O) groups excluding carboxylic acids is 1. The topological polar surface area (TPSA) is 92.4 Å². The van der Waals surface area contributed by atoms with Gasteiger partial charge in [-0.15, -0.1) is 0 Å². The van der Waals surface area contributed by atoms with Crippen molar-refractivity contribution in [3.63, 3.8) is 0 Å². The first-order chi connectivity index (χ1) is 9.36. The smallest absolute Gasteiger partial charge is 0.338 e. The maximum Gasteiger partial charge on any atom is 0.338 e. The number of carboxylic acid groups (broad SMARTS) is 1. The average molecular weight is 276 g/mol. The Labute approximate surface area is 118 Å². The van der Waals surface area contributed by atoms with Crippen LogP contribution in [0.3, 0.4) is 0 Å². The number of aryl methyl sites for hydroxylation is 1. The van der Waals surface area contributed by atoms with E-state index in [-0.39, 0.29) is 17.5 Å². The quantitative estimate of drug-likeness (QED) is 0.788. The first-order valence-corrected chi connectivity index (χ1v) is 6.76. The van der Waals surface area contributed by atoms with Gasteiger partial charge < -0.3 is 16.2 Å². The van der Waals surface area contributed by atoms with Crippen LogP contribution in [0.1, 0.15) is 42.1 Å². The maximum atomic E-state index is 12.4. The van der Waals surface area contributed by atoms with Crippen molar-refractivity contribution in [3.05, 3.63) is 29.3 Å². The monoisotopic (exact) mass is 276 g/mol. The fourth-order valence-corrected chi connectivity index (χ4v) is 2.80. The van der Waals surface area contributed by atoms with Gasteiger partial charge in [0.1, 0.15) is 0 Å². The third-order valence-corrected chi connectivity index (χ3v) is 4.28. The lowest BCUT2D eigenvalue weighted by Crippen LogP contribution is -2.44. The van der Waals surface area contributed by atoms with E-state index in [0.29, 0.717) is 11.3 Å². The highest BCUT2D eigenvalue weighted by atomic mass is 16.4. The van der Waals surface area contributed by atoms with Crippen LogP contribution >= 0.6 is 0 Å². The standard InChI is InChI=1S/C15H20N2O3/c1-9-5-3-6-10(12(9)13(18)19)17-14(20)15(2)8-4-7-11(15)16/h3,5-6,11H,4,7-8,16H2,1-2H3,(H,17,20)(H,18,19). The summed E-state index contributed by atoms with van der Waals surface area (Å²) in [5, 5.41) is 12.0. The van der Waals surface area contributed by atoms with Crippen molar-refractivity contribution in [3.8, 4) is 0 Å². The molecule has 1 aromatic carbocycles. The minimum absolute atomic E-state index is 0.135. The number of benzene rings is 1. The SMILES string of the molecule is Cc1cccc(NC(=O)C2(C)CCCC2N)c1C(=O)O. The minimum Gasteiger partial charge on any atom is -0.478 e. The van der Waals surface area contributed by atoms with E-state index >= 15 is 0 Å². The van der Waals surface area contributed by atoms with E-state index in [1.807, 2.05) is 6.92 Å². The molecule has 0 aliphatic heterocycles. The van der Waals surface area contributed by atoms with E-state index in [1.165, 1.54) is 0 Å². The van der Waals surface area contributed by atoms with E-state index < -0.39 is 11.4 Å². The van der Waals surface area contributed by atoms with Crippen molar-refractivity contribution < 1.29 is 14.7 Å². The summed E-state index contributed by atoms with van der Waals surface area (Å²) < 4.78 is 0. The third kappa shape index (κ3) is 2.41. The van der Waals surface area contributed by atoms with E-state index in [9.17, 15) is 14.7 Å². The lowest BCUT2D eigenvalue weighted by molar-refractivity contribution is -0.125. The van der Waals surface area contributed by atoms with Gasteiger partial charge in [0, 0.05) is 6.04 Å². The first kappa shape index (κ1) is 14.5. The number of rotatable bonds is 3. The fourth-order valence-electron chi connectivity index (χ4n) is 2.80. The summed E-state index contributed by atoms with van der Waals surface area (Å²) in [5.74, 6) is -1.24. The molecular formula is C15H20N2O3. The summed E-state index contributed by atoms with van der Waals surface area (Å²) in [6, 6.07) is 4.87. The molecule has 1 aromatic rings. The maximum absolute atomic E-state index is 12.4. The van der Waals surface area contributed by atoms with Gasteiger partial charge >= 0.3 is 5.97 Å². The van der Waals surface area contributed by atoms with E-state index in [1.54, 1.807) is 25.1 Å². The number of aromatic carboxylic acids is 1. The summed E-state index contributed by atoms with van der Waals surface area (Å²) in [6.07, 6.45) is 2.47. The summed E-state index contributed by atoms with van der Waals surface area (Å²) in [6.45, 7) is 3.55. The van der Waals surface area contributed by atoms with Crippen LogP contribution in [0.25, 0.3) is 0 Å². The van der Waals surface area contributed by atoms with Crippen LogP contribution in [0.2, 0.25) is 0 Å². The zero-order valence-electron chi connectivity index (χ0n) is 11.8. The number of anilines is 1. The molecule has 2 unspecified atom stereocenters. The molecule has 2 atom stereocenters. The van der Waals surface area contributed by atoms with Crippen LogP contribution in [0.15, 0.2) is 18.2 Å². The number of nitrogens with one attached hydrogen (secondary N) is 1. The Morgan fingerprint density at radius 3 is 2.70 bits per heavy atom. The Morgan fingerprint density at radius 1 is 1.45 bits per heavy atom. The predicted octanol–water partition coefficient (Wildman–Crippen LogP) is 2.15. The van der Waals surface area contributed by atoms with Gasteiger partial charge in [-0.25, -0.2) is 4.79 Å². The molecule has 5 nitrogen and oxygen atoms in total. The molecule has 1 aliphatic carbocycles. The highest BCUT2D eigenvalue weighted by Crippen LogP contribution is 2.38. The Balaban J connectivity index is 2.29. The van der Waals surface area contributed by atoms with Crippen LogP contribution < -0.4 is 11.1 Å². The van der Waals surface area contributed by atoms with Crippen molar-refractivity contribution in [1.82, 2.24) is 0 Å². The lowest BCUT2D eigenvalue weighted by Gasteiger charge is -2.28. The second kappa shape index (κ2) is 5.25. The van der Waals surface area contributed by atoms with Crippen molar-refractivity contribution in [2.75, 3.05) is 5.32 Å². The second-order valence-corrected chi connectivity index (χ2v) is 5.67. The van der Waals surface area contributed by atoms with E-state index in [0.717, 1.165) is 19.3 Å². The van der Waals surface area contributed by atoms with Gasteiger partial charge in [-0.2, -0.15) is 0 Å². The zero-order chi connectivity index (χ0) is 14.9.